The molecular weight excluding hydrogens is 282 g/mol. The molecule has 0 aliphatic carbocycles. The predicted molar refractivity (Wildman–Crippen MR) is 95.2 cm³/mol. The summed E-state index contributed by atoms with van der Waals surface area (Å²) in [7, 11) is 0. The monoisotopic (exact) mass is 310 g/mol. The molecule has 0 spiro atoms. The number of nitrogens with one attached hydrogen (secondary N) is 1. The Hall–Kier alpha value is -1.80. The van der Waals surface area contributed by atoms with Gasteiger partial charge in [-0.2, -0.15) is 0 Å². The summed E-state index contributed by atoms with van der Waals surface area (Å²) in [5.74, 6) is 1.05. The van der Waals surface area contributed by atoms with Crippen LogP contribution in [0.2, 0.25) is 0 Å². The molecule has 1 aliphatic heterocycles. The largest absolute Gasteiger partial charge is 0.493 e. The van der Waals surface area contributed by atoms with Crippen LogP contribution in [0.4, 0.5) is 0 Å². The van der Waals surface area contributed by atoms with E-state index in [1.807, 2.05) is 0 Å². The van der Waals surface area contributed by atoms with Crippen LogP contribution < -0.4 is 9.64 Å². The third-order valence-electron chi connectivity index (χ3n) is 4.70. The van der Waals surface area contributed by atoms with Crippen LogP contribution in [0.15, 0.2) is 54.6 Å². The van der Waals surface area contributed by atoms with Gasteiger partial charge >= 0.3 is 0 Å². The Kier molecular flexibility index (Phi) is 6.10. The second-order valence-corrected chi connectivity index (χ2v) is 6.53. The van der Waals surface area contributed by atoms with Gasteiger partial charge in [-0.25, -0.2) is 0 Å². The topological polar surface area (TPSA) is 13.7 Å². The van der Waals surface area contributed by atoms with E-state index in [9.17, 15) is 0 Å². The van der Waals surface area contributed by atoms with Crippen molar-refractivity contribution in [3.63, 3.8) is 0 Å². The molecule has 0 unspecified atom stereocenters. The van der Waals surface area contributed by atoms with Crippen LogP contribution in [0.3, 0.4) is 0 Å². The molecule has 2 aromatic rings. The maximum Gasteiger partial charge on any atom is 0.122 e. The first kappa shape index (κ1) is 16.1. The van der Waals surface area contributed by atoms with E-state index in [2.05, 4.69) is 54.6 Å². The van der Waals surface area contributed by atoms with Gasteiger partial charge < -0.3 is 9.64 Å². The molecule has 0 bridgehead atoms. The van der Waals surface area contributed by atoms with E-state index in [1.165, 1.54) is 50.0 Å². The molecule has 0 saturated carbocycles. The molecule has 23 heavy (non-hydrogen) atoms. The number of hydrogen-bond donors (Lipinski definition) is 1. The quantitative estimate of drug-likeness (QED) is 0.776. The van der Waals surface area contributed by atoms with E-state index in [-0.39, 0.29) is 0 Å². The summed E-state index contributed by atoms with van der Waals surface area (Å²) < 4.78 is 6.09. The number of ether oxygens (including phenoxy) is 1. The molecule has 0 radical (unpaired) electrons. The number of quaternary nitrogens is 1. The van der Waals surface area contributed by atoms with Crippen molar-refractivity contribution in [1.82, 2.24) is 0 Å². The van der Waals surface area contributed by atoms with Crippen molar-refractivity contribution >= 4 is 0 Å². The van der Waals surface area contributed by atoms with E-state index in [1.54, 1.807) is 4.90 Å². The third-order valence-corrected chi connectivity index (χ3v) is 4.70. The fraction of sp³-hybridized carbons (Fsp3) is 0.429. The van der Waals surface area contributed by atoms with Gasteiger partial charge in [-0.1, -0.05) is 48.5 Å². The molecule has 0 aromatic heterocycles. The smallest absolute Gasteiger partial charge is 0.122 e. The Morgan fingerprint density at radius 3 is 2.39 bits per heavy atom. The minimum absolute atomic E-state index is 0.829. The molecule has 0 amide bonds. The highest BCUT2D eigenvalue weighted by Gasteiger charge is 2.12. The maximum atomic E-state index is 6.09. The second kappa shape index (κ2) is 8.73. The summed E-state index contributed by atoms with van der Waals surface area (Å²) in [5.41, 5.74) is 2.62. The third kappa shape index (κ3) is 5.11. The molecule has 1 fully saturated rings. The van der Waals surface area contributed by atoms with E-state index in [0.29, 0.717) is 0 Å². The summed E-state index contributed by atoms with van der Waals surface area (Å²) in [4.78, 5) is 1.76. The average Bonchev–Trinajstić information content (AvgIpc) is 2.62. The van der Waals surface area contributed by atoms with Crippen molar-refractivity contribution in [1.29, 1.82) is 0 Å². The average molecular weight is 310 g/mol. The number of para-hydroxylation sites is 1. The van der Waals surface area contributed by atoms with Crippen LogP contribution in [0, 0.1) is 0 Å². The van der Waals surface area contributed by atoms with E-state index in [4.69, 9.17) is 4.74 Å². The van der Waals surface area contributed by atoms with Crippen LogP contribution in [0.25, 0.3) is 0 Å². The lowest BCUT2D eigenvalue weighted by Crippen LogP contribution is -3.12. The van der Waals surface area contributed by atoms with Crippen molar-refractivity contribution in [2.75, 3.05) is 26.2 Å². The summed E-state index contributed by atoms with van der Waals surface area (Å²) in [6, 6.07) is 19.1. The van der Waals surface area contributed by atoms with Crippen LogP contribution >= 0.6 is 0 Å². The predicted octanol–water partition coefficient (Wildman–Crippen LogP) is 3.12. The Morgan fingerprint density at radius 2 is 1.57 bits per heavy atom. The Morgan fingerprint density at radius 1 is 0.826 bits per heavy atom. The normalized spacial score (nSPS) is 15.5. The molecule has 2 aromatic carbocycles. The van der Waals surface area contributed by atoms with Crippen LogP contribution in [-0.4, -0.2) is 26.2 Å². The summed E-state index contributed by atoms with van der Waals surface area (Å²) in [6.07, 6.45) is 6.31. The first-order chi connectivity index (χ1) is 11.4. The molecule has 1 aliphatic rings. The lowest BCUT2D eigenvalue weighted by molar-refractivity contribution is -0.905. The lowest BCUT2D eigenvalue weighted by Gasteiger charge is -2.23. The second-order valence-electron chi connectivity index (χ2n) is 6.53. The molecule has 0 atom stereocenters. The Labute approximate surface area is 140 Å². The highest BCUT2D eigenvalue weighted by Crippen LogP contribution is 2.21. The number of piperidine rings is 1. The maximum absolute atomic E-state index is 6.09. The standard InChI is InChI=1S/C21H27NO/c1-3-10-19(11-4-1)18-20-12-5-6-13-21(20)23-17-9-16-22-14-7-2-8-15-22/h1,3-6,10-13H,2,7-9,14-18H2/p+1. The van der Waals surface area contributed by atoms with Gasteiger partial charge in [0.05, 0.1) is 26.2 Å². The zero-order chi connectivity index (χ0) is 15.7. The summed E-state index contributed by atoms with van der Waals surface area (Å²) in [6.45, 7) is 4.78. The molecule has 2 nitrogen and oxygen atoms in total. The molecule has 3 rings (SSSR count). The van der Waals surface area contributed by atoms with Crippen LogP contribution in [0.1, 0.15) is 36.8 Å². The van der Waals surface area contributed by atoms with Crippen molar-refractivity contribution in [3.05, 3.63) is 65.7 Å². The molecule has 1 saturated heterocycles. The van der Waals surface area contributed by atoms with Crippen molar-refractivity contribution in [3.8, 4) is 5.75 Å². The van der Waals surface area contributed by atoms with Gasteiger partial charge in [0.2, 0.25) is 0 Å². The fourth-order valence-electron chi connectivity index (χ4n) is 3.41. The van der Waals surface area contributed by atoms with Gasteiger partial charge in [0, 0.05) is 12.8 Å². The minimum Gasteiger partial charge on any atom is -0.493 e. The zero-order valence-corrected chi connectivity index (χ0v) is 14.0. The van der Waals surface area contributed by atoms with Gasteiger partial charge in [-0.05, 0) is 36.5 Å². The SMILES string of the molecule is c1ccc(Cc2ccccc2OCCC[NH+]2CCCCC2)cc1. The number of benzene rings is 2. The van der Waals surface area contributed by atoms with Crippen LogP contribution in [0.5, 0.6) is 5.75 Å². The Balaban J connectivity index is 1.49. The first-order valence-corrected chi connectivity index (χ1v) is 9.00. The van der Waals surface area contributed by atoms with Crippen molar-refractivity contribution < 1.29 is 9.64 Å². The highest BCUT2D eigenvalue weighted by atomic mass is 16.5. The van der Waals surface area contributed by atoms with Crippen LogP contribution in [-0.2, 0) is 6.42 Å². The van der Waals surface area contributed by atoms with Crippen molar-refractivity contribution in [2.24, 2.45) is 0 Å². The Bertz CT molecular complexity index is 575. The molecular formula is C21H28NO+. The van der Waals surface area contributed by atoms with E-state index < -0.39 is 0 Å². The highest BCUT2D eigenvalue weighted by molar-refractivity contribution is 5.37. The molecule has 1 heterocycles. The van der Waals surface area contributed by atoms with Gasteiger partial charge in [0.25, 0.3) is 0 Å². The van der Waals surface area contributed by atoms with Gasteiger partial charge in [-0.15, -0.1) is 0 Å². The summed E-state index contributed by atoms with van der Waals surface area (Å²) >= 11 is 0. The van der Waals surface area contributed by atoms with E-state index in [0.717, 1.165) is 25.2 Å². The minimum atomic E-state index is 0.829. The summed E-state index contributed by atoms with van der Waals surface area (Å²) in [5, 5.41) is 0. The number of rotatable bonds is 7. The molecule has 1 N–H and O–H groups in total. The molecule has 2 heteroatoms. The van der Waals surface area contributed by atoms with Gasteiger partial charge in [0.1, 0.15) is 5.75 Å². The first-order valence-electron chi connectivity index (χ1n) is 9.00. The van der Waals surface area contributed by atoms with Gasteiger partial charge in [-0.3, -0.25) is 0 Å². The number of likely N-dealkylation sites (tertiary alicyclic amines) is 1. The zero-order valence-electron chi connectivity index (χ0n) is 14.0. The fourth-order valence-corrected chi connectivity index (χ4v) is 3.41. The number of hydrogen-bond acceptors (Lipinski definition) is 1. The van der Waals surface area contributed by atoms with Crippen molar-refractivity contribution in [2.45, 2.75) is 32.1 Å². The van der Waals surface area contributed by atoms with E-state index >= 15 is 0 Å². The van der Waals surface area contributed by atoms with Gasteiger partial charge in [0.15, 0.2) is 0 Å². The molecule has 122 valence electrons. The lowest BCUT2D eigenvalue weighted by atomic mass is 10.0.